The Labute approximate surface area is 220 Å². The molecule has 0 aliphatic heterocycles. The summed E-state index contributed by atoms with van der Waals surface area (Å²) in [4.78, 5) is 47.9. The highest BCUT2D eigenvalue weighted by Crippen LogP contribution is 2.23. The Morgan fingerprint density at radius 1 is 0.806 bits per heavy atom. The molecule has 0 aliphatic carbocycles. The molecule has 0 heterocycles. The summed E-state index contributed by atoms with van der Waals surface area (Å²) < 4.78 is 0. The third-order valence-electron chi connectivity index (χ3n) is 5.06. The van der Waals surface area contributed by atoms with Crippen LogP contribution in [0.5, 0.6) is 0 Å². The molecule has 4 N–H and O–H groups in total. The zero-order valence-electron chi connectivity index (χ0n) is 20.6. The summed E-state index contributed by atoms with van der Waals surface area (Å²) in [6.45, 7) is 3.62. The maximum atomic E-state index is 12.5. The Kier molecular flexibility index (Phi) is 13.5. The van der Waals surface area contributed by atoms with Crippen molar-refractivity contribution in [2.45, 2.75) is 38.8 Å². The molecule has 0 fully saturated rings. The molecule has 4 amide bonds. The van der Waals surface area contributed by atoms with Gasteiger partial charge in [0.15, 0.2) is 0 Å². The Morgan fingerprint density at radius 3 is 2.08 bits per heavy atom. The van der Waals surface area contributed by atoms with E-state index in [2.05, 4.69) is 21.3 Å². The predicted octanol–water partition coefficient (Wildman–Crippen LogP) is 2.62. The van der Waals surface area contributed by atoms with Crippen molar-refractivity contribution in [3.63, 3.8) is 0 Å². The fraction of sp³-hybridized carbons (Fsp3) is 0.385. The minimum atomic E-state index is -0.645. The SMILES string of the molecule is CC(=O)NC(CSSCCC(=O)NCC(NC(C)=O)c1ccccc1)C(=O)NCCc1ccccc1. The van der Waals surface area contributed by atoms with Gasteiger partial charge in [0.1, 0.15) is 6.04 Å². The van der Waals surface area contributed by atoms with Gasteiger partial charge in [-0.2, -0.15) is 0 Å². The van der Waals surface area contributed by atoms with E-state index in [0.717, 1.165) is 11.1 Å². The number of carbonyl (C=O) groups excluding carboxylic acids is 4. The van der Waals surface area contributed by atoms with E-state index in [4.69, 9.17) is 0 Å². The predicted molar refractivity (Wildman–Crippen MR) is 146 cm³/mol. The number of hydrogen-bond acceptors (Lipinski definition) is 6. The van der Waals surface area contributed by atoms with Gasteiger partial charge in [-0.15, -0.1) is 0 Å². The number of carbonyl (C=O) groups is 4. The second-order valence-electron chi connectivity index (χ2n) is 8.10. The maximum Gasteiger partial charge on any atom is 0.243 e. The highest BCUT2D eigenvalue weighted by molar-refractivity contribution is 8.76. The summed E-state index contributed by atoms with van der Waals surface area (Å²) in [5.74, 6) is 0.165. The molecule has 2 rings (SSSR count). The topological polar surface area (TPSA) is 116 Å². The second-order valence-corrected chi connectivity index (χ2v) is 10.7. The summed E-state index contributed by atoms with van der Waals surface area (Å²) in [5.41, 5.74) is 2.05. The minimum Gasteiger partial charge on any atom is -0.354 e. The van der Waals surface area contributed by atoms with Gasteiger partial charge in [-0.1, -0.05) is 82.3 Å². The number of rotatable bonds is 15. The molecule has 0 saturated heterocycles. The first-order chi connectivity index (χ1) is 17.3. The molecule has 8 nitrogen and oxygen atoms in total. The quantitative estimate of drug-likeness (QED) is 0.208. The van der Waals surface area contributed by atoms with Gasteiger partial charge in [0.2, 0.25) is 23.6 Å². The Balaban J connectivity index is 1.68. The normalized spacial score (nSPS) is 12.2. The zero-order valence-corrected chi connectivity index (χ0v) is 22.3. The molecule has 10 heteroatoms. The van der Waals surface area contributed by atoms with E-state index in [1.54, 1.807) is 0 Å². The molecule has 0 saturated carbocycles. The van der Waals surface area contributed by atoms with Gasteiger partial charge >= 0.3 is 0 Å². The van der Waals surface area contributed by atoms with Gasteiger partial charge in [0.05, 0.1) is 6.04 Å². The fourth-order valence-corrected chi connectivity index (χ4v) is 5.48. The molecule has 0 aliphatic rings. The van der Waals surface area contributed by atoms with Crippen molar-refractivity contribution in [1.82, 2.24) is 21.3 Å². The summed E-state index contributed by atoms with van der Waals surface area (Å²) in [6.07, 6.45) is 1.01. The molecule has 0 spiro atoms. The lowest BCUT2D eigenvalue weighted by atomic mass is 10.1. The van der Waals surface area contributed by atoms with Gasteiger partial charge in [-0.3, -0.25) is 19.2 Å². The van der Waals surface area contributed by atoms with Crippen LogP contribution in [0.15, 0.2) is 60.7 Å². The second kappa shape index (κ2) is 16.6. The van der Waals surface area contributed by atoms with Crippen LogP contribution >= 0.6 is 21.6 Å². The highest BCUT2D eigenvalue weighted by Gasteiger charge is 2.19. The van der Waals surface area contributed by atoms with E-state index in [1.165, 1.54) is 35.4 Å². The van der Waals surface area contributed by atoms with E-state index in [-0.39, 0.29) is 29.7 Å². The van der Waals surface area contributed by atoms with E-state index < -0.39 is 6.04 Å². The molecule has 0 bridgehead atoms. The minimum absolute atomic E-state index is 0.119. The molecule has 2 atom stereocenters. The molecular formula is C26H34N4O4S2. The molecule has 2 unspecified atom stereocenters. The largest absolute Gasteiger partial charge is 0.354 e. The number of benzene rings is 2. The zero-order chi connectivity index (χ0) is 26.2. The third kappa shape index (κ3) is 12.1. The van der Waals surface area contributed by atoms with Crippen LogP contribution in [-0.2, 0) is 25.6 Å². The molecule has 0 aromatic heterocycles. The van der Waals surface area contributed by atoms with Gasteiger partial charge in [-0.25, -0.2) is 0 Å². The van der Waals surface area contributed by atoms with Crippen LogP contribution in [0.2, 0.25) is 0 Å². The lowest BCUT2D eigenvalue weighted by Gasteiger charge is -2.19. The summed E-state index contributed by atoms with van der Waals surface area (Å²) in [5, 5.41) is 11.3. The van der Waals surface area contributed by atoms with Crippen LogP contribution in [0.1, 0.15) is 37.4 Å². The third-order valence-corrected chi connectivity index (χ3v) is 7.48. The van der Waals surface area contributed by atoms with Crippen molar-refractivity contribution in [1.29, 1.82) is 0 Å². The van der Waals surface area contributed by atoms with E-state index >= 15 is 0 Å². The molecular weight excluding hydrogens is 496 g/mol. The van der Waals surface area contributed by atoms with E-state index in [1.807, 2.05) is 60.7 Å². The van der Waals surface area contributed by atoms with Crippen LogP contribution in [0, 0.1) is 0 Å². The first-order valence-electron chi connectivity index (χ1n) is 11.8. The Morgan fingerprint density at radius 2 is 1.44 bits per heavy atom. The van der Waals surface area contributed by atoms with Crippen molar-refractivity contribution in [3.05, 3.63) is 71.8 Å². The first kappa shape index (κ1) is 29.3. The highest BCUT2D eigenvalue weighted by atomic mass is 33.1. The van der Waals surface area contributed by atoms with E-state index in [9.17, 15) is 19.2 Å². The Hall–Kier alpha value is -2.98. The summed E-state index contributed by atoms with van der Waals surface area (Å²) in [6, 6.07) is 18.4. The van der Waals surface area contributed by atoms with Crippen molar-refractivity contribution in [2.24, 2.45) is 0 Å². The van der Waals surface area contributed by atoms with E-state index in [0.29, 0.717) is 37.4 Å². The summed E-state index contributed by atoms with van der Waals surface area (Å²) in [7, 11) is 2.91. The van der Waals surface area contributed by atoms with Gasteiger partial charge < -0.3 is 21.3 Å². The van der Waals surface area contributed by atoms with Crippen LogP contribution in [-0.4, -0.2) is 54.3 Å². The lowest BCUT2D eigenvalue weighted by molar-refractivity contribution is -0.127. The molecule has 36 heavy (non-hydrogen) atoms. The smallest absolute Gasteiger partial charge is 0.243 e. The van der Waals surface area contributed by atoms with Crippen molar-refractivity contribution < 1.29 is 19.2 Å². The van der Waals surface area contributed by atoms with Gasteiger partial charge in [0.25, 0.3) is 0 Å². The van der Waals surface area contributed by atoms with Crippen LogP contribution in [0.4, 0.5) is 0 Å². The fourth-order valence-electron chi connectivity index (χ4n) is 3.32. The monoisotopic (exact) mass is 530 g/mol. The van der Waals surface area contributed by atoms with Crippen molar-refractivity contribution >= 4 is 45.2 Å². The summed E-state index contributed by atoms with van der Waals surface area (Å²) >= 11 is 0. The molecule has 2 aromatic rings. The maximum absolute atomic E-state index is 12.5. The number of hydrogen-bond donors (Lipinski definition) is 4. The van der Waals surface area contributed by atoms with Crippen LogP contribution in [0.3, 0.4) is 0 Å². The molecule has 194 valence electrons. The average molecular weight is 531 g/mol. The van der Waals surface area contributed by atoms with Crippen LogP contribution in [0.25, 0.3) is 0 Å². The van der Waals surface area contributed by atoms with Crippen molar-refractivity contribution in [2.75, 3.05) is 24.6 Å². The Bertz CT molecular complexity index is 976. The molecule has 2 aromatic carbocycles. The lowest BCUT2D eigenvalue weighted by Crippen LogP contribution is -2.48. The number of amides is 4. The average Bonchev–Trinajstić information content (AvgIpc) is 2.86. The number of nitrogens with one attached hydrogen (secondary N) is 4. The standard InChI is InChI=1S/C26H34N4O4S2/c1-19(31)29-23(22-11-7-4-8-12-22)17-28-25(33)14-16-35-36-18-24(30-20(2)32)26(34)27-15-13-21-9-5-3-6-10-21/h3-12,23-24H,13-18H2,1-2H3,(H,27,34)(H,28,33)(H,29,31)(H,30,32). The molecule has 0 radical (unpaired) electrons. The van der Waals surface area contributed by atoms with Crippen LogP contribution < -0.4 is 21.3 Å². The van der Waals surface area contributed by atoms with Gasteiger partial charge in [0, 0.05) is 44.9 Å². The van der Waals surface area contributed by atoms with Gasteiger partial charge in [-0.05, 0) is 17.5 Å². The van der Waals surface area contributed by atoms with Crippen molar-refractivity contribution in [3.8, 4) is 0 Å². The first-order valence-corrected chi connectivity index (χ1v) is 14.3.